The molecule has 6 nitrogen and oxygen atoms in total. The highest BCUT2D eigenvalue weighted by Crippen LogP contribution is 2.37. The van der Waals surface area contributed by atoms with Crippen molar-refractivity contribution < 1.29 is 19.1 Å². The molecule has 2 heterocycles. The summed E-state index contributed by atoms with van der Waals surface area (Å²) in [6.45, 7) is 15.7. The molecule has 0 unspecified atom stereocenters. The maximum Gasteiger partial charge on any atom is 0.419 e. The number of aromatic nitrogens is 1. The van der Waals surface area contributed by atoms with Crippen LogP contribution in [0.2, 0.25) is 0 Å². The van der Waals surface area contributed by atoms with E-state index in [1.807, 2.05) is 79.8 Å². The fourth-order valence-corrected chi connectivity index (χ4v) is 3.87. The maximum absolute atomic E-state index is 13.1. The highest BCUT2D eigenvalue weighted by molar-refractivity contribution is 5.95. The van der Waals surface area contributed by atoms with E-state index in [4.69, 9.17) is 9.47 Å². The Labute approximate surface area is 184 Å². The molecule has 1 aromatic carbocycles. The van der Waals surface area contributed by atoms with Gasteiger partial charge < -0.3 is 9.47 Å². The Morgan fingerprint density at radius 2 is 1.61 bits per heavy atom. The van der Waals surface area contributed by atoms with Crippen molar-refractivity contribution in [3.8, 4) is 0 Å². The van der Waals surface area contributed by atoms with E-state index < -0.39 is 17.3 Å². The van der Waals surface area contributed by atoms with E-state index in [-0.39, 0.29) is 12.1 Å². The van der Waals surface area contributed by atoms with E-state index in [1.165, 1.54) is 0 Å². The van der Waals surface area contributed by atoms with Gasteiger partial charge in [-0.15, -0.1) is 0 Å². The Hall–Kier alpha value is -2.76. The minimum absolute atomic E-state index is 0.278. The largest absolute Gasteiger partial charge is 0.444 e. The normalized spacial score (nSPS) is 16.6. The molecule has 0 bridgehead atoms. The number of allylic oxidation sites excluding steroid dienone is 1. The van der Waals surface area contributed by atoms with Crippen molar-refractivity contribution in [2.45, 2.75) is 79.1 Å². The minimum Gasteiger partial charge on any atom is -0.444 e. The Bertz CT molecular complexity index is 1030. The summed E-state index contributed by atoms with van der Waals surface area (Å²) in [7, 11) is 0. The second kappa shape index (κ2) is 8.06. The molecule has 1 aromatic heterocycles. The fraction of sp³-hybridized carbons (Fsp3) is 0.520. The summed E-state index contributed by atoms with van der Waals surface area (Å²) in [5.41, 5.74) is 2.74. The lowest BCUT2D eigenvalue weighted by atomic mass is 9.98. The smallest absolute Gasteiger partial charge is 0.419 e. The molecule has 1 aliphatic rings. The third-order valence-electron chi connectivity index (χ3n) is 4.93. The van der Waals surface area contributed by atoms with Crippen LogP contribution in [0, 0.1) is 0 Å². The van der Waals surface area contributed by atoms with Crippen LogP contribution < -0.4 is 0 Å². The molecule has 0 N–H and O–H groups in total. The van der Waals surface area contributed by atoms with Gasteiger partial charge in [-0.2, -0.15) is 0 Å². The van der Waals surface area contributed by atoms with E-state index >= 15 is 0 Å². The molecule has 0 aliphatic carbocycles. The average Bonchev–Trinajstić information content (AvgIpc) is 2.89. The summed E-state index contributed by atoms with van der Waals surface area (Å²) >= 11 is 0. The van der Waals surface area contributed by atoms with Gasteiger partial charge in [-0.25, -0.2) is 9.59 Å². The van der Waals surface area contributed by atoms with Crippen molar-refractivity contribution in [2.75, 3.05) is 6.54 Å². The first-order valence-electron chi connectivity index (χ1n) is 10.8. The van der Waals surface area contributed by atoms with Crippen molar-refractivity contribution in [1.82, 2.24) is 9.47 Å². The number of hydrogen-bond acceptors (Lipinski definition) is 4. The van der Waals surface area contributed by atoms with Crippen LogP contribution in [0.3, 0.4) is 0 Å². The first-order valence-corrected chi connectivity index (χ1v) is 10.8. The zero-order chi connectivity index (χ0) is 23.1. The van der Waals surface area contributed by atoms with E-state index in [2.05, 4.69) is 6.08 Å². The Morgan fingerprint density at radius 3 is 2.19 bits per heavy atom. The second-order valence-electron chi connectivity index (χ2n) is 10.4. The van der Waals surface area contributed by atoms with E-state index in [1.54, 1.807) is 9.47 Å². The molecule has 0 spiro atoms. The average molecular weight is 427 g/mol. The highest BCUT2D eigenvalue weighted by Gasteiger charge is 2.33. The van der Waals surface area contributed by atoms with Gasteiger partial charge in [-0.3, -0.25) is 9.47 Å². The van der Waals surface area contributed by atoms with E-state index in [0.29, 0.717) is 13.0 Å². The first kappa shape index (κ1) is 22.9. The van der Waals surface area contributed by atoms with E-state index in [0.717, 1.165) is 27.6 Å². The number of carbonyl (C=O) groups is 2. The lowest BCUT2D eigenvalue weighted by Crippen LogP contribution is -2.39. The van der Waals surface area contributed by atoms with Gasteiger partial charge in [0.15, 0.2) is 0 Å². The molecule has 0 saturated carbocycles. The van der Waals surface area contributed by atoms with Gasteiger partial charge in [0.25, 0.3) is 0 Å². The van der Waals surface area contributed by atoms with Crippen molar-refractivity contribution in [1.29, 1.82) is 0 Å². The highest BCUT2D eigenvalue weighted by atomic mass is 16.6. The van der Waals surface area contributed by atoms with Crippen LogP contribution in [0.4, 0.5) is 9.59 Å². The lowest BCUT2D eigenvalue weighted by Gasteiger charge is -2.32. The molecule has 0 radical (unpaired) electrons. The van der Waals surface area contributed by atoms with Crippen LogP contribution in [0.15, 0.2) is 36.0 Å². The second-order valence-corrected chi connectivity index (χ2v) is 10.4. The number of benzene rings is 1. The quantitative estimate of drug-likeness (QED) is 0.508. The molecule has 0 fully saturated rings. The Kier molecular flexibility index (Phi) is 5.96. The lowest BCUT2D eigenvalue weighted by molar-refractivity contribution is 0.0202. The molecular formula is C25H34N2O4. The number of carbonyl (C=O) groups excluding carboxylic acids is 2. The van der Waals surface area contributed by atoms with Crippen molar-refractivity contribution >= 4 is 23.1 Å². The topological polar surface area (TPSA) is 60.8 Å². The maximum atomic E-state index is 13.1. The van der Waals surface area contributed by atoms with Gasteiger partial charge >= 0.3 is 12.2 Å². The zero-order valence-corrected chi connectivity index (χ0v) is 19.9. The van der Waals surface area contributed by atoms with Crippen LogP contribution in [-0.4, -0.2) is 39.4 Å². The number of hydrogen-bond donors (Lipinski definition) is 0. The van der Waals surface area contributed by atoms with Gasteiger partial charge in [0.05, 0.1) is 11.6 Å². The summed E-state index contributed by atoms with van der Waals surface area (Å²) in [5, 5.41) is 1.00. The van der Waals surface area contributed by atoms with Crippen LogP contribution in [-0.2, 0) is 15.9 Å². The monoisotopic (exact) mass is 426 g/mol. The number of amides is 1. The minimum atomic E-state index is -0.583. The van der Waals surface area contributed by atoms with Crippen molar-refractivity contribution in [2.24, 2.45) is 0 Å². The molecule has 1 aliphatic heterocycles. The van der Waals surface area contributed by atoms with Crippen LogP contribution in [0.25, 0.3) is 10.9 Å². The van der Waals surface area contributed by atoms with Crippen molar-refractivity contribution in [3.63, 3.8) is 0 Å². The van der Waals surface area contributed by atoms with Crippen LogP contribution in [0.5, 0.6) is 0 Å². The molecule has 31 heavy (non-hydrogen) atoms. The predicted molar refractivity (Wildman–Crippen MR) is 122 cm³/mol. The molecule has 6 heteroatoms. The van der Waals surface area contributed by atoms with E-state index in [9.17, 15) is 9.59 Å². The zero-order valence-electron chi connectivity index (χ0n) is 19.9. The molecule has 3 rings (SSSR count). The summed E-state index contributed by atoms with van der Waals surface area (Å²) in [6.07, 6.45) is 3.82. The molecule has 168 valence electrons. The molecular weight excluding hydrogens is 392 g/mol. The summed E-state index contributed by atoms with van der Waals surface area (Å²) in [6, 6.07) is 5.60. The molecule has 1 amide bonds. The summed E-state index contributed by atoms with van der Waals surface area (Å²) in [4.78, 5) is 27.7. The third kappa shape index (κ3) is 5.12. The van der Waals surface area contributed by atoms with Gasteiger partial charge in [0.2, 0.25) is 0 Å². The van der Waals surface area contributed by atoms with Gasteiger partial charge in [-0.1, -0.05) is 23.8 Å². The number of nitrogens with zero attached hydrogens (tertiary/aromatic N) is 2. The first-order chi connectivity index (χ1) is 14.3. The van der Waals surface area contributed by atoms with Gasteiger partial charge in [0, 0.05) is 18.1 Å². The summed E-state index contributed by atoms with van der Waals surface area (Å²) < 4.78 is 12.9. The summed E-state index contributed by atoms with van der Waals surface area (Å²) in [5.74, 6) is 0. The van der Waals surface area contributed by atoms with Gasteiger partial charge in [0.1, 0.15) is 11.2 Å². The molecule has 0 saturated heterocycles. The molecule has 2 aromatic rings. The standard InChI is InChI=1S/C25H34N2O4/c1-16(2)14-20-18-10-9-11-19-21(18)17(15-27(19)23(29)31-25(6,7)8)12-13-26(20)22(28)30-24(3,4)5/h9-11,14-15,20H,12-13H2,1-8H3/t20-/m1/s1. The SMILES string of the molecule is CC(C)=C[C@@H]1c2cccc3c2c(cn3C(=O)OC(C)(C)C)CCN1C(=O)OC(C)(C)C. The Balaban J connectivity index is 2.13. The number of rotatable bonds is 1. The fourth-order valence-electron chi connectivity index (χ4n) is 3.87. The van der Waals surface area contributed by atoms with Gasteiger partial charge in [-0.05, 0) is 79.0 Å². The third-order valence-corrected chi connectivity index (χ3v) is 4.93. The Morgan fingerprint density at radius 1 is 1.00 bits per heavy atom. The molecule has 1 atom stereocenters. The number of ether oxygens (including phenoxy) is 2. The van der Waals surface area contributed by atoms with Crippen LogP contribution >= 0.6 is 0 Å². The predicted octanol–water partition coefficient (Wildman–Crippen LogP) is 6.23. The van der Waals surface area contributed by atoms with Crippen LogP contribution in [0.1, 0.15) is 72.6 Å². The van der Waals surface area contributed by atoms with Crippen molar-refractivity contribution in [3.05, 3.63) is 47.2 Å².